The number of para-hydroxylation sites is 1. The molecule has 0 bridgehead atoms. The fraction of sp³-hybridized carbons (Fsp3) is 0.0870. The molecular formula is C23H19FN2O3S2. The summed E-state index contributed by atoms with van der Waals surface area (Å²) in [4.78, 5) is 12.4. The second kappa shape index (κ2) is 8.87. The summed E-state index contributed by atoms with van der Waals surface area (Å²) < 4.78 is 42.4. The smallest absolute Gasteiger partial charge is 0.262 e. The van der Waals surface area contributed by atoms with E-state index in [-0.39, 0.29) is 22.1 Å². The van der Waals surface area contributed by atoms with Crippen molar-refractivity contribution >= 4 is 43.0 Å². The SMILES string of the molecule is O=C(NCCc1csc2ccccc12)c1cccc(S(=O)(=O)Nc2ccccc2F)c1. The third kappa shape index (κ3) is 4.76. The highest BCUT2D eigenvalue weighted by molar-refractivity contribution is 7.92. The monoisotopic (exact) mass is 454 g/mol. The van der Waals surface area contributed by atoms with Gasteiger partial charge in [0.2, 0.25) is 0 Å². The predicted molar refractivity (Wildman–Crippen MR) is 122 cm³/mol. The number of hydrogen-bond donors (Lipinski definition) is 2. The van der Waals surface area contributed by atoms with Gasteiger partial charge in [-0.15, -0.1) is 11.3 Å². The van der Waals surface area contributed by atoms with Gasteiger partial charge in [-0.05, 0) is 59.1 Å². The number of carbonyl (C=O) groups is 1. The first-order valence-electron chi connectivity index (χ1n) is 9.55. The van der Waals surface area contributed by atoms with Crippen molar-refractivity contribution in [2.75, 3.05) is 11.3 Å². The van der Waals surface area contributed by atoms with E-state index in [4.69, 9.17) is 0 Å². The Balaban J connectivity index is 1.43. The van der Waals surface area contributed by atoms with Crippen LogP contribution >= 0.6 is 11.3 Å². The van der Waals surface area contributed by atoms with Gasteiger partial charge in [0.15, 0.2) is 0 Å². The van der Waals surface area contributed by atoms with Crippen LogP contribution in [0.4, 0.5) is 10.1 Å². The van der Waals surface area contributed by atoms with Gasteiger partial charge in [0, 0.05) is 16.8 Å². The van der Waals surface area contributed by atoms with E-state index in [0.29, 0.717) is 13.0 Å². The highest BCUT2D eigenvalue weighted by Gasteiger charge is 2.18. The van der Waals surface area contributed by atoms with Gasteiger partial charge in [-0.3, -0.25) is 9.52 Å². The molecule has 0 saturated carbocycles. The van der Waals surface area contributed by atoms with Crippen LogP contribution < -0.4 is 10.0 Å². The molecule has 0 radical (unpaired) electrons. The lowest BCUT2D eigenvalue weighted by Crippen LogP contribution is -2.26. The van der Waals surface area contributed by atoms with Crippen molar-refractivity contribution in [3.8, 4) is 0 Å². The minimum absolute atomic E-state index is 0.118. The number of rotatable bonds is 7. The zero-order chi connectivity index (χ0) is 21.8. The predicted octanol–water partition coefficient (Wildman–Crippen LogP) is 4.81. The summed E-state index contributed by atoms with van der Waals surface area (Å²) in [5.41, 5.74) is 1.22. The third-order valence-electron chi connectivity index (χ3n) is 4.77. The Labute approximate surface area is 183 Å². The summed E-state index contributed by atoms with van der Waals surface area (Å²) in [6.07, 6.45) is 0.669. The number of carbonyl (C=O) groups excluding carboxylic acids is 1. The molecule has 0 spiro atoms. The maximum Gasteiger partial charge on any atom is 0.262 e. The summed E-state index contributed by atoms with van der Waals surface area (Å²) in [6, 6.07) is 19.2. The van der Waals surface area contributed by atoms with Crippen LogP contribution in [-0.4, -0.2) is 20.9 Å². The van der Waals surface area contributed by atoms with Crippen molar-refractivity contribution in [2.45, 2.75) is 11.3 Å². The van der Waals surface area contributed by atoms with Gasteiger partial charge in [0.25, 0.3) is 15.9 Å². The normalized spacial score (nSPS) is 11.4. The molecule has 0 aliphatic rings. The Morgan fingerprint density at radius 1 is 0.968 bits per heavy atom. The van der Waals surface area contributed by atoms with Crippen LogP contribution in [0.3, 0.4) is 0 Å². The van der Waals surface area contributed by atoms with E-state index in [0.717, 1.165) is 5.56 Å². The van der Waals surface area contributed by atoms with E-state index in [9.17, 15) is 17.6 Å². The second-order valence-corrected chi connectivity index (χ2v) is 9.47. The Morgan fingerprint density at radius 2 is 1.74 bits per heavy atom. The first kappa shape index (κ1) is 21.0. The molecule has 5 nitrogen and oxygen atoms in total. The molecule has 0 fully saturated rings. The molecule has 1 amide bonds. The largest absolute Gasteiger partial charge is 0.352 e. The van der Waals surface area contributed by atoms with Crippen LogP contribution in [0.2, 0.25) is 0 Å². The number of halogens is 1. The topological polar surface area (TPSA) is 75.3 Å². The molecule has 158 valence electrons. The standard InChI is InChI=1S/C23H19FN2O3S2/c24-20-9-2-3-10-21(20)26-31(28,29)18-7-5-6-16(14-18)23(27)25-13-12-17-15-30-22-11-4-1-8-19(17)22/h1-11,14-15,26H,12-13H2,(H,25,27). The Morgan fingerprint density at radius 3 is 2.58 bits per heavy atom. The van der Waals surface area contributed by atoms with E-state index >= 15 is 0 Å². The summed E-state index contributed by atoms with van der Waals surface area (Å²) in [6.45, 7) is 0.421. The number of benzene rings is 3. The second-order valence-electron chi connectivity index (χ2n) is 6.88. The Hall–Kier alpha value is -3.23. The molecule has 0 saturated heterocycles. The molecule has 1 heterocycles. The Bertz CT molecular complexity index is 1350. The maximum absolute atomic E-state index is 13.8. The molecule has 3 aromatic carbocycles. The minimum atomic E-state index is -4.04. The summed E-state index contributed by atoms with van der Waals surface area (Å²) >= 11 is 1.66. The summed E-state index contributed by atoms with van der Waals surface area (Å²) in [7, 11) is -4.04. The number of anilines is 1. The molecule has 8 heteroatoms. The summed E-state index contributed by atoms with van der Waals surface area (Å²) in [5, 5.41) is 6.09. The number of nitrogens with one attached hydrogen (secondary N) is 2. The number of amides is 1. The molecule has 0 atom stereocenters. The highest BCUT2D eigenvalue weighted by atomic mass is 32.2. The average molecular weight is 455 g/mol. The summed E-state index contributed by atoms with van der Waals surface area (Å²) in [5.74, 6) is -1.05. The van der Waals surface area contributed by atoms with Crippen molar-refractivity contribution in [3.05, 3.63) is 95.1 Å². The van der Waals surface area contributed by atoms with Crippen LogP contribution in [0.25, 0.3) is 10.1 Å². The minimum Gasteiger partial charge on any atom is -0.352 e. The van der Waals surface area contributed by atoms with Crippen molar-refractivity contribution in [2.24, 2.45) is 0 Å². The van der Waals surface area contributed by atoms with Crippen LogP contribution in [0.1, 0.15) is 15.9 Å². The van der Waals surface area contributed by atoms with Gasteiger partial charge in [0.05, 0.1) is 10.6 Å². The Kier molecular flexibility index (Phi) is 6.01. The van der Waals surface area contributed by atoms with Crippen molar-refractivity contribution in [3.63, 3.8) is 0 Å². The lowest BCUT2D eigenvalue weighted by molar-refractivity contribution is 0.0954. The van der Waals surface area contributed by atoms with Gasteiger partial charge in [-0.25, -0.2) is 12.8 Å². The zero-order valence-corrected chi connectivity index (χ0v) is 18.0. The maximum atomic E-state index is 13.8. The van der Waals surface area contributed by atoms with E-state index < -0.39 is 15.8 Å². The van der Waals surface area contributed by atoms with E-state index in [1.54, 1.807) is 11.3 Å². The zero-order valence-electron chi connectivity index (χ0n) is 16.3. The molecule has 31 heavy (non-hydrogen) atoms. The highest BCUT2D eigenvalue weighted by Crippen LogP contribution is 2.25. The van der Waals surface area contributed by atoms with Crippen LogP contribution in [0.5, 0.6) is 0 Å². The fourth-order valence-corrected chi connectivity index (χ4v) is 5.30. The lowest BCUT2D eigenvalue weighted by Gasteiger charge is -2.10. The molecule has 0 aliphatic carbocycles. The van der Waals surface area contributed by atoms with Gasteiger partial charge in [0.1, 0.15) is 5.82 Å². The number of hydrogen-bond acceptors (Lipinski definition) is 4. The van der Waals surface area contributed by atoms with E-state index in [1.165, 1.54) is 58.6 Å². The first-order valence-corrected chi connectivity index (χ1v) is 11.9. The quantitative estimate of drug-likeness (QED) is 0.421. The number of thiophene rings is 1. The molecule has 0 aliphatic heterocycles. The van der Waals surface area contributed by atoms with Crippen LogP contribution in [0.15, 0.2) is 83.1 Å². The molecular weight excluding hydrogens is 435 g/mol. The van der Waals surface area contributed by atoms with Crippen molar-refractivity contribution < 1.29 is 17.6 Å². The molecule has 4 aromatic rings. The van der Waals surface area contributed by atoms with E-state index in [2.05, 4.69) is 27.6 Å². The van der Waals surface area contributed by atoms with E-state index in [1.807, 2.05) is 12.1 Å². The van der Waals surface area contributed by atoms with Gasteiger partial charge >= 0.3 is 0 Å². The number of fused-ring (bicyclic) bond motifs is 1. The average Bonchev–Trinajstić information content (AvgIpc) is 3.18. The number of sulfonamides is 1. The molecule has 4 rings (SSSR count). The van der Waals surface area contributed by atoms with Crippen molar-refractivity contribution in [1.82, 2.24) is 5.32 Å². The molecule has 2 N–H and O–H groups in total. The van der Waals surface area contributed by atoms with Gasteiger partial charge in [-0.2, -0.15) is 0 Å². The molecule has 1 aromatic heterocycles. The van der Waals surface area contributed by atoms with Gasteiger partial charge < -0.3 is 5.32 Å². The van der Waals surface area contributed by atoms with Crippen LogP contribution in [-0.2, 0) is 16.4 Å². The fourth-order valence-electron chi connectivity index (χ4n) is 3.19. The van der Waals surface area contributed by atoms with Crippen molar-refractivity contribution in [1.29, 1.82) is 0 Å². The first-order chi connectivity index (χ1) is 14.9. The third-order valence-corrected chi connectivity index (χ3v) is 7.14. The van der Waals surface area contributed by atoms with Crippen LogP contribution in [0, 0.1) is 5.82 Å². The van der Waals surface area contributed by atoms with Gasteiger partial charge in [-0.1, -0.05) is 36.4 Å². The molecule has 0 unspecified atom stereocenters. The lowest BCUT2D eigenvalue weighted by atomic mass is 10.1.